The molecule has 1 N–H and O–H groups in total. The van der Waals surface area contributed by atoms with Gasteiger partial charge >= 0.3 is 5.97 Å². The SMILES string of the molecule is CCCCC(=O)OCC1CCNC1. The second-order valence-corrected chi connectivity index (χ2v) is 3.65. The number of hydrogen-bond acceptors (Lipinski definition) is 3. The van der Waals surface area contributed by atoms with Gasteiger partial charge in [0.15, 0.2) is 0 Å². The van der Waals surface area contributed by atoms with Crippen molar-refractivity contribution in [3.63, 3.8) is 0 Å². The van der Waals surface area contributed by atoms with E-state index in [1.54, 1.807) is 0 Å². The summed E-state index contributed by atoms with van der Waals surface area (Å²) < 4.78 is 5.15. The Balaban J connectivity index is 2.00. The van der Waals surface area contributed by atoms with Crippen LogP contribution in [0.1, 0.15) is 32.6 Å². The van der Waals surface area contributed by atoms with Crippen molar-refractivity contribution >= 4 is 5.97 Å². The molecule has 0 spiro atoms. The predicted octanol–water partition coefficient (Wildman–Crippen LogP) is 1.33. The second-order valence-electron chi connectivity index (χ2n) is 3.65. The number of carbonyl (C=O) groups is 1. The Hall–Kier alpha value is -0.570. The summed E-state index contributed by atoms with van der Waals surface area (Å²) in [6, 6.07) is 0. The molecule has 0 aromatic carbocycles. The van der Waals surface area contributed by atoms with Gasteiger partial charge in [-0.15, -0.1) is 0 Å². The Labute approximate surface area is 79.8 Å². The third-order valence-electron chi connectivity index (χ3n) is 2.38. The van der Waals surface area contributed by atoms with Crippen molar-refractivity contribution in [1.82, 2.24) is 5.32 Å². The van der Waals surface area contributed by atoms with Crippen molar-refractivity contribution in [2.45, 2.75) is 32.6 Å². The predicted molar refractivity (Wildman–Crippen MR) is 51.5 cm³/mol. The van der Waals surface area contributed by atoms with Crippen LogP contribution in [0.5, 0.6) is 0 Å². The Morgan fingerprint density at radius 3 is 3.08 bits per heavy atom. The number of hydrogen-bond donors (Lipinski definition) is 1. The number of nitrogens with one attached hydrogen (secondary N) is 1. The molecule has 1 heterocycles. The highest BCUT2D eigenvalue weighted by molar-refractivity contribution is 5.69. The maximum atomic E-state index is 11.1. The number of rotatable bonds is 5. The first-order valence-electron chi connectivity index (χ1n) is 5.19. The number of carbonyl (C=O) groups excluding carboxylic acids is 1. The van der Waals surface area contributed by atoms with Crippen LogP contribution in [-0.4, -0.2) is 25.7 Å². The van der Waals surface area contributed by atoms with Gasteiger partial charge in [0.25, 0.3) is 0 Å². The van der Waals surface area contributed by atoms with Gasteiger partial charge in [-0.05, 0) is 19.4 Å². The van der Waals surface area contributed by atoms with E-state index in [0.717, 1.165) is 32.4 Å². The molecule has 13 heavy (non-hydrogen) atoms. The van der Waals surface area contributed by atoms with Gasteiger partial charge in [-0.25, -0.2) is 0 Å². The molecule has 1 aliphatic rings. The molecule has 1 rings (SSSR count). The highest BCUT2D eigenvalue weighted by Gasteiger charge is 2.15. The van der Waals surface area contributed by atoms with Gasteiger partial charge in [-0.1, -0.05) is 13.3 Å². The van der Waals surface area contributed by atoms with Crippen molar-refractivity contribution in [2.75, 3.05) is 19.7 Å². The molecule has 0 amide bonds. The van der Waals surface area contributed by atoms with Crippen molar-refractivity contribution in [1.29, 1.82) is 0 Å². The normalized spacial score (nSPS) is 21.8. The Morgan fingerprint density at radius 2 is 2.46 bits per heavy atom. The minimum Gasteiger partial charge on any atom is -0.465 e. The summed E-state index contributed by atoms with van der Waals surface area (Å²) in [5.74, 6) is 0.513. The molecule has 0 radical (unpaired) electrons. The zero-order chi connectivity index (χ0) is 9.52. The summed E-state index contributed by atoms with van der Waals surface area (Å²) in [5.41, 5.74) is 0. The molecule has 0 saturated carbocycles. The molecule has 0 aliphatic carbocycles. The van der Waals surface area contributed by atoms with Gasteiger partial charge in [-0.2, -0.15) is 0 Å². The highest BCUT2D eigenvalue weighted by atomic mass is 16.5. The zero-order valence-electron chi connectivity index (χ0n) is 8.34. The minimum atomic E-state index is -0.0336. The summed E-state index contributed by atoms with van der Waals surface area (Å²) >= 11 is 0. The quantitative estimate of drug-likeness (QED) is 0.657. The Kier molecular flexibility index (Phi) is 4.83. The lowest BCUT2D eigenvalue weighted by molar-refractivity contribution is -0.144. The third-order valence-corrected chi connectivity index (χ3v) is 2.38. The molecule has 1 saturated heterocycles. The van der Waals surface area contributed by atoms with Crippen molar-refractivity contribution in [3.05, 3.63) is 0 Å². The zero-order valence-corrected chi connectivity index (χ0v) is 8.34. The standard InChI is InChI=1S/C10H19NO2/c1-2-3-4-10(12)13-8-9-5-6-11-7-9/h9,11H,2-8H2,1H3. The monoisotopic (exact) mass is 185 g/mol. The summed E-state index contributed by atoms with van der Waals surface area (Å²) in [4.78, 5) is 11.1. The molecule has 1 atom stereocenters. The topological polar surface area (TPSA) is 38.3 Å². The lowest BCUT2D eigenvalue weighted by Gasteiger charge is -2.08. The molecule has 1 aliphatic heterocycles. The van der Waals surface area contributed by atoms with Crippen molar-refractivity contribution in [3.8, 4) is 0 Å². The first kappa shape index (κ1) is 10.5. The molecular weight excluding hydrogens is 166 g/mol. The van der Waals surface area contributed by atoms with Crippen molar-refractivity contribution < 1.29 is 9.53 Å². The van der Waals surface area contributed by atoms with E-state index < -0.39 is 0 Å². The minimum absolute atomic E-state index is 0.0336. The number of ether oxygens (including phenoxy) is 1. The van der Waals surface area contributed by atoms with Crippen LogP contribution in [0.4, 0.5) is 0 Å². The first-order chi connectivity index (χ1) is 6.33. The number of unbranched alkanes of at least 4 members (excludes halogenated alkanes) is 1. The molecular formula is C10H19NO2. The van der Waals surface area contributed by atoms with E-state index in [4.69, 9.17) is 4.74 Å². The van der Waals surface area contributed by atoms with Crippen LogP contribution in [0.25, 0.3) is 0 Å². The van der Waals surface area contributed by atoms with E-state index in [1.807, 2.05) is 0 Å². The Bertz CT molecular complexity index is 153. The van der Waals surface area contributed by atoms with Gasteiger partial charge in [0.2, 0.25) is 0 Å². The van der Waals surface area contributed by atoms with Gasteiger partial charge in [0.1, 0.15) is 0 Å². The van der Waals surface area contributed by atoms with Gasteiger partial charge in [-0.3, -0.25) is 4.79 Å². The molecule has 1 unspecified atom stereocenters. The average Bonchev–Trinajstić information content (AvgIpc) is 2.64. The van der Waals surface area contributed by atoms with Crippen LogP contribution in [-0.2, 0) is 9.53 Å². The molecule has 1 fully saturated rings. The van der Waals surface area contributed by atoms with Crippen LogP contribution in [0, 0.1) is 5.92 Å². The van der Waals surface area contributed by atoms with Crippen LogP contribution < -0.4 is 5.32 Å². The Morgan fingerprint density at radius 1 is 1.62 bits per heavy atom. The summed E-state index contributed by atoms with van der Waals surface area (Å²) in [6.07, 6.45) is 3.72. The van der Waals surface area contributed by atoms with Crippen molar-refractivity contribution in [2.24, 2.45) is 5.92 Å². The maximum Gasteiger partial charge on any atom is 0.305 e. The van der Waals surface area contributed by atoms with E-state index in [2.05, 4.69) is 12.2 Å². The average molecular weight is 185 g/mol. The van der Waals surface area contributed by atoms with E-state index in [0.29, 0.717) is 18.9 Å². The molecule has 0 bridgehead atoms. The maximum absolute atomic E-state index is 11.1. The number of esters is 1. The molecule has 76 valence electrons. The molecule has 3 heteroatoms. The largest absolute Gasteiger partial charge is 0.465 e. The fourth-order valence-electron chi connectivity index (χ4n) is 1.46. The van der Waals surface area contributed by atoms with E-state index in [-0.39, 0.29) is 5.97 Å². The van der Waals surface area contributed by atoms with E-state index in [1.165, 1.54) is 0 Å². The lowest BCUT2D eigenvalue weighted by Crippen LogP contribution is -2.16. The van der Waals surface area contributed by atoms with Crippen LogP contribution in [0.2, 0.25) is 0 Å². The van der Waals surface area contributed by atoms with Gasteiger partial charge in [0.05, 0.1) is 6.61 Å². The van der Waals surface area contributed by atoms with E-state index in [9.17, 15) is 4.79 Å². The molecule has 3 nitrogen and oxygen atoms in total. The second kappa shape index (κ2) is 5.97. The summed E-state index contributed by atoms with van der Waals surface area (Å²) in [7, 11) is 0. The van der Waals surface area contributed by atoms with Crippen LogP contribution in [0.3, 0.4) is 0 Å². The smallest absolute Gasteiger partial charge is 0.305 e. The van der Waals surface area contributed by atoms with E-state index >= 15 is 0 Å². The highest BCUT2D eigenvalue weighted by Crippen LogP contribution is 2.08. The van der Waals surface area contributed by atoms with Gasteiger partial charge < -0.3 is 10.1 Å². The molecule has 0 aromatic heterocycles. The summed E-state index contributed by atoms with van der Waals surface area (Å²) in [5, 5.41) is 3.25. The fourth-order valence-corrected chi connectivity index (χ4v) is 1.46. The molecule has 0 aromatic rings. The lowest BCUT2D eigenvalue weighted by atomic mass is 10.1. The van der Waals surface area contributed by atoms with Gasteiger partial charge in [0, 0.05) is 18.9 Å². The fraction of sp³-hybridized carbons (Fsp3) is 0.900. The van der Waals surface area contributed by atoms with Crippen LogP contribution in [0.15, 0.2) is 0 Å². The third kappa shape index (κ3) is 4.27. The first-order valence-corrected chi connectivity index (χ1v) is 5.19. The summed E-state index contributed by atoms with van der Waals surface area (Å²) in [6.45, 7) is 4.75. The van der Waals surface area contributed by atoms with Crippen LogP contribution >= 0.6 is 0 Å².